The van der Waals surface area contributed by atoms with Crippen molar-refractivity contribution in [3.05, 3.63) is 10.1 Å². The molecule has 1 aliphatic heterocycles. The Morgan fingerprint density at radius 2 is 2.36 bits per heavy atom. The summed E-state index contributed by atoms with van der Waals surface area (Å²) in [6.07, 6.45) is 1.10. The molecular weight excluding hydrogens is 186 g/mol. The number of fused-ring (bicyclic) bond motifs is 1. The Morgan fingerprint density at radius 3 is 3.00 bits per heavy atom. The zero-order chi connectivity index (χ0) is 10.3. The summed E-state index contributed by atoms with van der Waals surface area (Å²) >= 11 is 0. The molecule has 2 aliphatic rings. The van der Waals surface area contributed by atoms with Gasteiger partial charge >= 0.3 is 5.97 Å². The van der Waals surface area contributed by atoms with Gasteiger partial charge in [0.25, 0.3) is 0 Å². The second-order valence-corrected chi connectivity index (χ2v) is 4.29. The zero-order valence-corrected chi connectivity index (χ0v) is 8.01. The molecule has 0 bridgehead atoms. The van der Waals surface area contributed by atoms with Crippen LogP contribution in [0.3, 0.4) is 0 Å². The molecule has 4 atom stereocenters. The molecule has 0 N–H and O–H groups in total. The van der Waals surface area contributed by atoms with Crippen LogP contribution in [-0.4, -0.2) is 23.5 Å². The lowest BCUT2D eigenvalue weighted by molar-refractivity contribution is -0.490. The largest absolute Gasteiger partial charge is 0.462 e. The van der Waals surface area contributed by atoms with E-state index in [4.69, 9.17) is 4.74 Å². The molecule has 0 aromatic heterocycles. The number of carbonyl (C=O) groups is 1. The highest BCUT2D eigenvalue weighted by Gasteiger charge is 2.50. The minimum atomic E-state index is -0.285. The van der Waals surface area contributed by atoms with Gasteiger partial charge < -0.3 is 4.74 Å². The van der Waals surface area contributed by atoms with Crippen LogP contribution in [0.5, 0.6) is 0 Å². The third-order valence-electron chi connectivity index (χ3n) is 3.41. The van der Waals surface area contributed by atoms with Gasteiger partial charge in [0.1, 0.15) is 6.10 Å². The number of nitro groups is 1. The Labute approximate surface area is 81.6 Å². The molecule has 0 aromatic rings. The van der Waals surface area contributed by atoms with Crippen LogP contribution in [0.1, 0.15) is 19.8 Å². The van der Waals surface area contributed by atoms with Crippen LogP contribution in [0.25, 0.3) is 0 Å². The molecule has 2 fully saturated rings. The van der Waals surface area contributed by atoms with Crippen LogP contribution in [0.4, 0.5) is 0 Å². The first-order valence-corrected chi connectivity index (χ1v) is 4.89. The first kappa shape index (κ1) is 9.43. The van der Waals surface area contributed by atoms with Gasteiger partial charge in [0.05, 0.1) is 6.42 Å². The first-order valence-electron chi connectivity index (χ1n) is 4.89. The maximum absolute atomic E-state index is 11.0. The zero-order valence-electron chi connectivity index (χ0n) is 8.01. The lowest BCUT2D eigenvalue weighted by Gasteiger charge is -2.14. The maximum atomic E-state index is 11.0. The van der Waals surface area contributed by atoms with Crippen molar-refractivity contribution < 1.29 is 14.5 Å². The number of hydrogen-bond acceptors (Lipinski definition) is 4. The summed E-state index contributed by atoms with van der Waals surface area (Å²) in [5.74, 6) is 0.202. The van der Waals surface area contributed by atoms with Crippen LogP contribution in [-0.2, 0) is 9.53 Å². The highest BCUT2D eigenvalue weighted by Crippen LogP contribution is 2.44. The number of rotatable bonds is 2. The van der Waals surface area contributed by atoms with Crippen LogP contribution in [0, 0.1) is 27.9 Å². The van der Waals surface area contributed by atoms with Gasteiger partial charge in [-0.15, -0.1) is 0 Å². The second-order valence-electron chi connectivity index (χ2n) is 4.29. The summed E-state index contributed by atoms with van der Waals surface area (Å²) in [5, 5.41) is 10.5. The van der Waals surface area contributed by atoms with E-state index in [-0.39, 0.29) is 35.4 Å². The fraction of sp³-hybridized carbons (Fsp3) is 0.889. The van der Waals surface area contributed by atoms with Gasteiger partial charge in [-0.2, -0.15) is 0 Å². The molecule has 1 aliphatic carbocycles. The van der Waals surface area contributed by atoms with Crippen molar-refractivity contribution in [2.24, 2.45) is 17.8 Å². The van der Waals surface area contributed by atoms with Crippen molar-refractivity contribution in [1.82, 2.24) is 0 Å². The van der Waals surface area contributed by atoms with E-state index >= 15 is 0 Å². The maximum Gasteiger partial charge on any atom is 0.306 e. The number of nitrogens with zero attached hydrogens (tertiary/aromatic N) is 1. The Bertz CT molecular complexity index is 278. The van der Waals surface area contributed by atoms with Crippen molar-refractivity contribution in [3.63, 3.8) is 0 Å². The van der Waals surface area contributed by atoms with Crippen LogP contribution < -0.4 is 0 Å². The van der Waals surface area contributed by atoms with Gasteiger partial charge in [0, 0.05) is 16.8 Å². The van der Waals surface area contributed by atoms with Crippen LogP contribution in [0.15, 0.2) is 0 Å². The quantitative estimate of drug-likeness (QED) is 0.375. The predicted molar refractivity (Wildman–Crippen MR) is 47.1 cm³/mol. The third-order valence-corrected chi connectivity index (χ3v) is 3.41. The van der Waals surface area contributed by atoms with Gasteiger partial charge in [0.2, 0.25) is 6.54 Å². The smallest absolute Gasteiger partial charge is 0.306 e. The Hall–Kier alpha value is -1.13. The van der Waals surface area contributed by atoms with Gasteiger partial charge in [0.15, 0.2) is 0 Å². The van der Waals surface area contributed by atoms with E-state index in [0.717, 1.165) is 6.42 Å². The van der Waals surface area contributed by atoms with Crippen LogP contribution in [0.2, 0.25) is 0 Å². The molecular formula is C9H13NO4. The normalized spacial score (nSPS) is 40.8. The molecule has 2 rings (SSSR count). The minimum absolute atomic E-state index is 0.0152. The van der Waals surface area contributed by atoms with E-state index in [2.05, 4.69) is 0 Å². The average molecular weight is 199 g/mol. The lowest BCUT2D eigenvalue weighted by atomic mass is 9.89. The molecule has 14 heavy (non-hydrogen) atoms. The van der Waals surface area contributed by atoms with Crippen molar-refractivity contribution in [1.29, 1.82) is 0 Å². The highest BCUT2D eigenvalue weighted by molar-refractivity contribution is 5.72. The van der Waals surface area contributed by atoms with E-state index in [1.807, 2.05) is 6.92 Å². The monoisotopic (exact) mass is 199 g/mol. The summed E-state index contributed by atoms with van der Waals surface area (Å²) in [6.45, 7) is 1.97. The number of ether oxygens (including phenoxy) is 1. The average Bonchev–Trinajstić information content (AvgIpc) is 2.51. The fourth-order valence-corrected chi connectivity index (χ4v) is 2.73. The molecule has 5 heteroatoms. The van der Waals surface area contributed by atoms with Gasteiger partial charge in [-0.05, 0) is 12.3 Å². The molecule has 0 amide bonds. The van der Waals surface area contributed by atoms with E-state index in [1.165, 1.54) is 0 Å². The summed E-state index contributed by atoms with van der Waals surface area (Å²) in [6, 6.07) is 0. The third kappa shape index (κ3) is 1.47. The van der Waals surface area contributed by atoms with Crippen molar-refractivity contribution in [2.45, 2.75) is 25.9 Å². The molecule has 5 nitrogen and oxygen atoms in total. The summed E-state index contributed by atoms with van der Waals surface area (Å²) < 4.78 is 5.11. The van der Waals surface area contributed by atoms with Crippen molar-refractivity contribution >= 4 is 5.97 Å². The second kappa shape index (κ2) is 3.22. The van der Waals surface area contributed by atoms with E-state index < -0.39 is 0 Å². The van der Waals surface area contributed by atoms with Crippen LogP contribution >= 0.6 is 0 Å². The Morgan fingerprint density at radius 1 is 1.64 bits per heavy atom. The molecule has 0 radical (unpaired) electrons. The van der Waals surface area contributed by atoms with Gasteiger partial charge in [-0.25, -0.2) is 0 Å². The van der Waals surface area contributed by atoms with E-state index in [9.17, 15) is 14.9 Å². The SMILES string of the molecule is C[C@H]1C[C@H]2OC(=O)C[C@H]2[C@@H]1C[N+](=O)[O-]. The fourth-order valence-electron chi connectivity index (χ4n) is 2.73. The molecule has 1 saturated heterocycles. The standard InChI is InChI=1S/C9H13NO4/c1-5-2-8-6(3-9(11)14-8)7(5)4-10(12)13/h5-8H,2-4H2,1H3/t5-,6-,7+,8+/m0/s1. The molecule has 0 aromatic carbocycles. The number of esters is 1. The predicted octanol–water partition coefficient (Wildman–Crippen LogP) is 0.851. The van der Waals surface area contributed by atoms with Crippen molar-refractivity contribution in [3.8, 4) is 0 Å². The Kier molecular flexibility index (Phi) is 2.17. The number of carbonyl (C=O) groups excluding carboxylic acids is 1. The lowest BCUT2D eigenvalue weighted by Crippen LogP contribution is -2.23. The summed E-state index contributed by atoms with van der Waals surface area (Å²) in [5.41, 5.74) is 0. The van der Waals surface area contributed by atoms with Crippen molar-refractivity contribution in [2.75, 3.05) is 6.54 Å². The summed E-state index contributed by atoms with van der Waals surface area (Å²) in [7, 11) is 0. The highest BCUT2D eigenvalue weighted by atomic mass is 16.6. The topological polar surface area (TPSA) is 69.4 Å². The van der Waals surface area contributed by atoms with E-state index in [0.29, 0.717) is 12.3 Å². The van der Waals surface area contributed by atoms with Gasteiger partial charge in [-0.1, -0.05) is 6.92 Å². The molecule has 0 unspecified atom stereocenters. The Balaban J connectivity index is 2.08. The minimum Gasteiger partial charge on any atom is -0.462 e. The number of hydrogen-bond donors (Lipinski definition) is 0. The molecule has 0 spiro atoms. The van der Waals surface area contributed by atoms with E-state index in [1.54, 1.807) is 0 Å². The molecule has 1 saturated carbocycles. The summed E-state index contributed by atoms with van der Waals surface area (Å²) in [4.78, 5) is 21.2. The first-order chi connectivity index (χ1) is 6.58. The molecule has 78 valence electrons. The molecule has 1 heterocycles. The van der Waals surface area contributed by atoms with Gasteiger partial charge in [-0.3, -0.25) is 14.9 Å².